The van der Waals surface area contributed by atoms with E-state index in [1.165, 1.54) is 12.1 Å². The Morgan fingerprint density at radius 1 is 1.18 bits per heavy atom. The van der Waals surface area contributed by atoms with Gasteiger partial charge in [0, 0.05) is 21.7 Å². The molecular weight excluding hydrogens is 415 g/mol. The van der Waals surface area contributed by atoms with Crippen molar-refractivity contribution in [2.75, 3.05) is 23.8 Å². The van der Waals surface area contributed by atoms with E-state index in [1.54, 1.807) is 24.1 Å². The summed E-state index contributed by atoms with van der Waals surface area (Å²) in [5.74, 6) is -0.453. The number of likely N-dealkylation sites (N-methyl/N-ethyl adjacent to an activating group) is 1. The lowest BCUT2D eigenvalue weighted by molar-refractivity contribution is -0.114. The van der Waals surface area contributed by atoms with Gasteiger partial charge in [0.15, 0.2) is 0 Å². The first kappa shape index (κ1) is 17.0. The van der Waals surface area contributed by atoms with Gasteiger partial charge in [-0.25, -0.2) is 4.39 Å². The zero-order valence-corrected chi connectivity index (χ0v) is 15.3. The maximum atomic E-state index is 12.9. The summed E-state index contributed by atoms with van der Waals surface area (Å²) in [6.07, 6.45) is 0. The quantitative estimate of drug-likeness (QED) is 0.761. The molecule has 0 saturated carbocycles. The lowest BCUT2D eigenvalue weighted by Gasteiger charge is -2.19. The molecular formula is C16H15Br2FN2O. The van der Waals surface area contributed by atoms with Gasteiger partial charge in [-0.2, -0.15) is 0 Å². The van der Waals surface area contributed by atoms with Gasteiger partial charge in [0.05, 0.1) is 12.2 Å². The normalized spacial score (nSPS) is 10.4. The van der Waals surface area contributed by atoms with Crippen LogP contribution < -0.4 is 10.2 Å². The number of nitrogens with zero attached hydrogens (tertiary/aromatic N) is 1. The summed E-state index contributed by atoms with van der Waals surface area (Å²) < 4.78 is 14.5. The Bertz CT molecular complexity index is 666. The molecule has 0 saturated heterocycles. The zero-order chi connectivity index (χ0) is 16.3. The summed E-state index contributed by atoms with van der Waals surface area (Å²) >= 11 is 6.89. The maximum absolute atomic E-state index is 12.9. The second-order valence-electron chi connectivity index (χ2n) is 4.98. The number of amides is 1. The predicted octanol–water partition coefficient (Wildman–Crippen LogP) is 4.73. The number of anilines is 2. The summed E-state index contributed by atoms with van der Waals surface area (Å²) in [7, 11) is 1.78. The number of halogens is 3. The van der Waals surface area contributed by atoms with E-state index in [0.717, 1.165) is 20.2 Å². The number of hydrogen-bond acceptors (Lipinski definition) is 2. The minimum Gasteiger partial charge on any atom is -0.365 e. The summed E-state index contributed by atoms with van der Waals surface area (Å²) in [6.45, 7) is 2.14. The average Bonchev–Trinajstić information content (AvgIpc) is 2.43. The van der Waals surface area contributed by atoms with Gasteiger partial charge in [0.1, 0.15) is 5.82 Å². The second kappa shape index (κ2) is 7.24. The number of aryl methyl sites for hydroxylation is 1. The van der Waals surface area contributed by atoms with Gasteiger partial charge >= 0.3 is 0 Å². The number of carbonyl (C=O) groups excluding carboxylic acids is 1. The highest BCUT2D eigenvalue weighted by Crippen LogP contribution is 2.32. The van der Waals surface area contributed by atoms with Gasteiger partial charge in [0.2, 0.25) is 5.91 Å². The fourth-order valence-electron chi connectivity index (χ4n) is 2.00. The standard InChI is InChI=1S/C16H15Br2FN2O/c1-10-7-13(17)16(14(18)8-10)20-15(22)9-21(2)12-5-3-11(19)4-6-12/h3-8H,9H2,1-2H3,(H,20,22). The van der Waals surface area contributed by atoms with E-state index in [2.05, 4.69) is 37.2 Å². The Kier molecular flexibility index (Phi) is 5.58. The second-order valence-corrected chi connectivity index (χ2v) is 6.69. The van der Waals surface area contributed by atoms with Crippen molar-refractivity contribution in [2.45, 2.75) is 6.92 Å². The monoisotopic (exact) mass is 428 g/mol. The third-order valence-corrected chi connectivity index (χ3v) is 4.35. The zero-order valence-electron chi connectivity index (χ0n) is 12.2. The number of benzene rings is 2. The number of nitrogens with one attached hydrogen (secondary N) is 1. The number of hydrogen-bond donors (Lipinski definition) is 1. The van der Waals surface area contributed by atoms with Crippen molar-refractivity contribution in [3.63, 3.8) is 0 Å². The van der Waals surface area contributed by atoms with Crippen molar-refractivity contribution < 1.29 is 9.18 Å². The van der Waals surface area contributed by atoms with Crippen LogP contribution in [0.5, 0.6) is 0 Å². The van der Waals surface area contributed by atoms with Crippen LogP contribution in [0.1, 0.15) is 5.56 Å². The molecule has 0 atom stereocenters. The SMILES string of the molecule is Cc1cc(Br)c(NC(=O)CN(C)c2ccc(F)cc2)c(Br)c1. The molecule has 2 aromatic rings. The molecule has 6 heteroatoms. The smallest absolute Gasteiger partial charge is 0.243 e. The molecule has 22 heavy (non-hydrogen) atoms. The summed E-state index contributed by atoms with van der Waals surface area (Å²) in [5.41, 5.74) is 2.56. The third kappa shape index (κ3) is 4.30. The number of rotatable bonds is 4. The molecule has 0 heterocycles. The topological polar surface area (TPSA) is 32.3 Å². The van der Waals surface area contributed by atoms with Crippen LogP contribution in [-0.4, -0.2) is 19.5 Å². The lowest BCUT2D eigenvalue weighted by Crippen LogP contribution is -2.30. The van der Waals surface area contributed by atoms with E-state index in [4.69, 9.17) is 0 Å². The van der Waals surface area contributed by atoms with Crippen LogP contribution in [0.4, 0.5) is 15.8 Å². The van der Waals surface area contributed by atoms with Gasteiger partial charge < -0.3 is 10.2 Å². The van der Waals surface area contributed by atoms with E-state index < -0.39 is 0 Å². The molecule has 3 nitrogen and oxygen atoms in total. The van der Waals surface area contributed by atoms with Gasteiger partial charge in [-0.15, -0.1) is 0 Å². The van der Waals surface area contributed by atoms with Crippen LogP contribution in [-0.2, 0) is 4.79 Å². The molecule has 0 bridgehead atoms. The van der Waals surface area contributed by atoms with Crippen molar-refractivity contribution in [3.05, 3.63) is 56.7 Å². The minimum atomic E-state index is -0.297. The van der Waals surface area contributed by atoms with Crippen molar-refractivity contribution in [3.8, 4) is 0 Å². The van der Waals surface area contributed by atoms with Gasteiger partial charge in [-0.1, -0.05) is 0 Å². The highest BCUT2D eigenvalue weighted by atomic mass is 79.9. The Morgan fingerprint density at radius 3 is 2.27 bits per heavy atom. The van der Waals surface area contributed by atoms with Crippen LogP contribution in [0.2, 0.25) is 0 Å². The Hall–Kier alpha value is -1.40. The third-order valence-electron chi connectivity index (χ3n) is 3.10. The Balaban J connectivity index is 2.05. The number of carbonyl (C=O) groups is 1. The van der Waals surface area contributed by atoms with Gasteiger partial charge in [0.25, 0.3) is 0 Å². The van der Waals surface area contributed by atoms with Crippen molar-refractivity contribution >= 4 is 49.1 Å². The molecule has 0 aromatic heterocycles. The first-order valence-electron chi connectivity index (χ1n) is 6.59. The molecule has 0 fully saturated rings. The van der Waals surface area contributed by atoms with E-state index in [9.17, 15) is 9.18 Å². The van der Waals surface area contributed by atoms with Crippen LogP contribution >= 0.6 is 31.9 Å². The molecule has 2 aromatic carbocycles. The highest BCUT2D eigenvalue weighted by Gasteiger charge is 2.12. The summed E-state index contributed by atoms with van der Waals surface area (Å²) in [5, 5.41) is 2.87. The van der Waals surface area contributed by atoms with Crippen molar-refractivity contribution in [2.24, 2.45) is 0 Å². The first-order valence-corrected chi connectivity index (χ1v) is 8.17. The Morgan fingerprint density at radius 2 is 1.73 bits per heavy atom. The molecule has 1 N–H and O–H groups in total. The molecule has 0 aliphatic heterocycles. The predicted molar refractivity (Wildman–Crippen MR) is 94.9 cm³/mol. The molecule has 0 aliphatic carbocycles. The molecule has 1 amide bonds. The van der Waals surface area contributed by atoms with Crippen LogP contribution in [0.25, 0.3) is 0 Å². The Labute approximate surface area is 145 Å². The molecule has 0 unspecified atom stereocenters. The van der Waals surface area contributed by atoms with Crippen LogP contribution in [0.3, 0.4) is 0 Å². The molecule has 2 rings (SSSR count). The van der Waals surface area contributed by atoms with E-state index in [1.807, 2.05) is 19.1 Å². The van der Waals surface area contributed by atoms with Gasteiger partial charge in [-0.3, -0.25) is 4.79 Å². The minimum absolute atomic E-state index is 0.155. The lowest BCUT2D eigenvalue weighted by atomic mass is 10.2. The molecule has 0 radical (unpaired) electrons. The fraction of sp³-hybridized carbons (Fsp3) is 0.188. The van der Waals surface area contributed by atoms with Crippen molar-refractivity contribution in [1.82, 2.24) is 0 Å². The molecule has 0 aliphatic rings. The average molecular weight is 430 g/mol. The molecule has 116 valence electrons. The largest absolute Gasteiger partial charge is 0.365 e. The summed E-state index contributed by atoms with van der Waals surface area (Å²) in [4.78, 5) is 13.9. The maximum Gasteiger partial charge on any atom is 0.243 e. The highest BCUT2D eigenvalue weighted by molar-refractivity contribution is 9.11. The van der Waals surface area contributed by atoms with E-state index in [0.29, 0.717) is 5.69 Å². The fourth-order valence-corrected chi connectivity index (χ4v) is 3.61. The van der Waals surface area contributed by atoms with E-state index >= 15 is 0 Å². The first-order chi connectivity index (χ1) is 10.4. The van der Waals surface area contributed by atoms with Crippen molar-refractivity contribution in [1.29, 1.82) is 0 Å². The van der Waals surface area contributed by atoms with Crippen LogP contribution in [0, 0.1) is 12.7 Å². The molecule has 0 spiro atoms. The van der Waals surface area contributed by atoms with E-state index in [-0.39, 0.29) is 18.3 Å². The van der Waals surface area contributed by atoms with Gasteiger partial charge in [-0.05, 0) is 80.7 Å². The summed E-state index contributed by atoms with van der Waals surface area (Å²) in [6, 6.07) is 9.89. The van der Waals surface area contributed by atoms with Crippen LogP contribution in [0.15, 0.2) is 45.3 Å².